The van der Waals surface area contributed by atoms with Crippen LogP contribution in [0.5, 0.6) is 5.75 Å². The van der Waals surface area contributed by atoms with Crippen molar-refractivity contribution >= 4 is 45.6 Å². The van der Waals surface area contributed by atoms with Crippen molar-refractivity contribution in [1.82, 2.24) is 10.2 Å². The van der Waals surface area contributed by atoms with Crippen LogP contribution in [-0.4, -0.2) is 22.2 Å². The van der Waals surface area contributed by atoms with Gasteiger partial charge in [-0.1, -0.05) is 41.5 Å². The molecule has 0 aliphatic rings. The number of carbonyl (C=O) groups is 1. The van der Waals surface area contributed by atoms with Crippen molar-refractivity contribution in [2.75, 3.05) is 5.32 Å². The third-order valence-corrected chi connectivity index (χ3v) is 4.08. The van der Waals surface area contributed by atoms with Gasteiger partial charge >= 0.3 is 0 Å². The van der Waals surface area contributed by atoms with Gasteiger partial charge in [0.2, 0.25) is 5.13 Å². The summed E-state index contributed by atoms with van der Waals surface area (Å²) in [7, 11) is 0. The molecule has 0 saturated carbocycles. The molecule has 0 spiro atoms. The molecule has 112 valence electrons. The first-order valence-corrected chi connectivity index (χ1v) is 7.81. The minimum atomic E-state index is -0.724. The Morgan fingerprint density at radius 2 is 2.19 bits per heavy atom. The lowest BCUT2D eigenvalue weighted by molar-refractivity contribution is -0.122. The molecular formula is C13H13Cl2N3O2S. The molecule has 2 rings (SSSR count). The molecule has 0 fully saturated rings. The molecule has 8 heteroatoms. The first kappa shape index (κ1) is 16.0. The molecule has 1 amide bonds. The van der Waals surface area contributed by atoms with Crippen LogP contribution in [0.4, 0.5) is 5.13 Å². The van der Waals surface area contributed by atoms with Crippen LogP contribution < -0.4 is 10.1 Å². The Hall–Kier alpha value is -1.37. The van der Waals surface area contributed by atoms with E-state index < -0.39 is 6.10 Å². The van der Waals surface area contributed by atoms with Crippen LogP contribution >= 0.6 is 34.5 Å². The highest BCUT2D eigenvalue weighted by molar-refractivity contribution is 7.15. The highest BCUT2D eigenvalue weighted by Crippen LogP contribution is 2.28. The fourth-order valence-electron chi connectivity index (χ4n) is 1.47. The monoisotopic (exact) mass is 345 g/mol. The van der Waals surface area contributed by atoms with Gasteiger partial charge in [0.05, 0.1) is 5.02 Å². The lowest BCUT2D eigenvalue weighted by Crippen LogP contribution is -2.30. The van der Waals surface area contributed by atoms with Gasteiger partial charge in [-0.15, -0.1) is 10.2 Å². The predicted octanol–water partition coefficient (Wildman–Crippen LogP) is 3.81. The highest BCUT2D eigenvalue weighted by Gasteiger charge is 2.18. The average molecular weight is 346 g/mol. The number of hydrogen-bond donors (Lipinski definition) is 1. The third kappa shape index (κ3) is 4.30. The number of carbonyl (C=O) groups excluding carboxylic acids is 1. The summed E-state index contributed by atoms with van der Waals surface area (Å²) in [5.74, 6) is 0.0787. The molecule has 2 aromatic rings. The van der Waals surface area contributed by atoms with Gasteiger partial charge in [-0.2, -0.15) is 0 Å². The summed E-state index contributed by atoms with van der Waals surface area (Å²) >= 11 is 13.1. The molecule has 1 aromatic heterocycles. The Morgan fingerprint density at radius 3 is 2.81 bits per heavy atom. The number of hydrogen-bond acceptors (Lipinski definition) is 5. The Bertz CT molecular complexity index is 648. The highest BCUT2D eigenvalue weighted by atomic mass is 35.5. The Kier molecular flexibility index (Phi) is 5.39. The normalized spacial score (nSPS) is 12.0. The largest absolute Gasteiger partial charge is 0.479 e. The van der Waals surface area contributed by atoms with E-state index in [4.69, 9.17) is 27.9 Å². The minimum Gasteiger partial charge on any atom is -0.479 e. The zero-order valence-electron chi connectivity index (χ0n) is 11.4. The number of nitrogens with one attached hydrogen (secondary N) is 1. The molecule has 0 saturated heterocycles. The van der Waals surface area contributed by atoms with E-state index in [9.17, 15) is 4.79 Å². The van der Waals surface area contributed by atoms with Crippen molar-refractivity contribution < 1.29 is 9.53 Å². The summed E-state index contributed by atoms with van der Waals surface area (Å²) in [6.45, 7) is 3.60. The molecule has 0 bridgehead atoms. The topological polar surface area (TPSA) is 64.1 Å². The van der Waals surface area contributed by atoms with E-state index in [0.29, 0.717) is 20.9 Å². The Balaban J connectivity index is 1.98. The molecule has 5 nitrogen and oxygen atoms in total. The maximum atomic E-state index is 12.0. The van der Waals surface area contributed by atoms with Gasteiger partial charge in [-0.3, -0.25) is 10.1 Å². The van der Waals surface area contributed by atoms with Gasteiger partial charge in [0.15, 0.2) is 6.10 Å². The van der Waals surface area contributed by atoms with Gasteiger partial charge in [0.1, 0.15) is 10.8 Å². The number of rotatable bonds is 5. The van der Waals surface area contributed by atoms with Crippen molar-refractivity contribution in [3.8, 4) is 5.75 Å². The summed E-state index contributed by atoms with van der Waals surface area (Å²) in [5, 5.41) is 12.6. The van der Waals surface area contributed by atoms with Gasteiger partial charge in [-0.25, -0.2) is 0 Å². The molecule has 21 heavy (non-hydrogen) atoms. The number of aromatic nitrogens is 2. The standard InChI is InChI=1S/C13H13Cl2N3O2S/c1-3-11-17-18-13(21-11)16-12(19)7(2)20-10-5-4-8(14)6-9(10)15/h4-7H,3H2,1-2H3,(H,16,18,19). The summed E-state index contributed by atoms with van der Waals surface area (Å²) in [5.41, 5.74) is 0. The maximum absolute atomic E-state index is 12.0. The molecule has 1 atom stereocenters. The summed E-state index contributed by atoms with van der Waals surface area (Å²) < 4.78 is 5.52. The van der Waals surface area contributed by atoms with Crippen LogP contribution in [0.25, 0.3) is 0 Å². The first-order valence-electron chi connectivity index (χ1n) is 6.24. The van der Waals surface area contributed by atoms with Crippen molar-refractivity contribution in [2.24, 2.45) is 0 Å². The predicted molar refractivity (Wildman–Crippen MR) is 84.5 cm³/mol. The van der Waals surface area contributed by atoms with Crippen molar-refractivity contribution in [2.45, 2.75) is 26.4 Å². The summed E-state index contributed by atoms with van der Waals surface area (Å²) in [6, 6.07) is 4.82. The quantitative estimate of drug-likeness (QED) is 0.894. The van der Waals surface area contributed by atoms with Gasteiger partial charge < -0.3 is 4.74 Å². The average Bonchev–Trinajstić information content (AvgIpc) is 2.89. The van der Waals surface area contributed by atoms with Crippen molar-refractivity contribution in [3.63, 3.8) is 0 Å². The second kappa shape index (κ2) is 7.06. The SMILES string of the molecule is CCc1nnc(NC(=O)C(C)Oc2ccc(Cl)cc2Cl)s1. The zero-order valence-corrected chi connectivity index (χ0v) is 13.7. The van der Waals surface area contributed by atoms with Crippen LogP contribution in [0.3, 0.4) is 0 Å². The third-order valence-electron chi connectivity index (χ3n) is 2.57. The zero-order chi connectivity index (χ0) is 15.4. The number of ether oxygens (including phenoxy) is 1. The van der Waals surface area contributed by atoms with E-state index in [-0.39, 0.29) is 5.91 Å². The Morgan fingerprint density at radius 1 is 1.43 bits per heavy atom. The second-order valence-corrected chi connectivity index (χ2v) is 6.08. The van der Waals surface area contributed by atoms with E-state index in [1.807, 2.05) is 6.92 Å². The first-order chi connectivity index (χ1) is 9.99. The van der Waals surface area contributed by atoms with E-state index in [1.54, 1.807) is 25.1 Å². The number of aryl methyl sites for hydroxylation is 1. The van der Waals surface area contributed by atoms with Gasteiger partial charge in [0, 0.05) is 5.02 Å². The number of amides is 1. The fourth-order valence-corrected chi connectivity index (χ4v) is 2.60. The van der Waals surface area contributed by atoms with E-state index in [2.05, 4.69) is 15.5 Å². The molecule has 1 N–H and O–H groups in total. The summed E-state index contributed by atoms with van der Waals surface area (Å²) in [4.78, 5) is 12.0. The van der Waals surface area contributed by atoms with E-state index in [1.165, 1.54) is 11.3 Å². The van der Waals surface area contributed by atoms with Crippen molar-refractivity contribution in [1.29, 1.82) is 0 Å². The van der Waals surface area contributed by atoms with E-state index in [0.717, 1.165) is 11.4 Å². The van der Waals surface area contributed by atoms with Crippen LogP contribution in [0.15, 0.2) is 18.2 Å². The van der Waals surface area contributed by atoms with Crippen LogP contribution in [0.1, 0.15) is 18.9 Å². The molecule has 1 heterocycles. The molecule has 1 unspecified atom stereocenters. The molecular weight excluding hydrogens is 333 g/mol. The number of anilines is 1. The molecule has 0 radical (unpaired) electrons. The van der Waals surface area contributed by atoms with Gasteiger partial charge in [-0.05, 0) is 31.5 Å². The van der Waals surface area contributed by atoms with Crippen LogP contribution in [-0.2, 0) is 11.2 Å². The fraction of sp³-hybridized carbons (Fsp3) is 0.308. The minimum absolute atomic E-state index is 0.320. The van der Waals surface area contributed by atoms with Crippen LogP contribution in [0.2, 0.25) is 10.0 Å². The second-order valence-electron chi connectivity index (χ2n) is 4.18. The molecule has 0 aliphatic carbocycles. The summed E-state index contributed by atoms with van der Waals surface area (Å²) in [6.07, 6.45) is 0.0534. The molecule has 1 aromatic carbocycles. The number of halogens is 2. The Labute approximate surface area is 136 Å². The van der Waals surface area contributed by atoms with E-state index >= 15 is 0 Å². The smallest absolute Gasteiger partial charge is 0.266 e. The lowest BCUT2D eigenvalue weighted by Gasteiger charge is -2.14. The van der Waals surface area contributed by atoms with Gasteiger partial charge in [0.25, 0.3) is 5.91 Å². The number of nitrogens with zero attached hydrogens (tertiary/aromatic N) is 2. The maximum Gasteiger partial charge on any atom is 0.266 e. The van der Waals surface area contributed by atoms with Crippen molar-refractivity contribution in [3.05, 3.63) is 33.3 Å². The molecule has 0 aliphatic heterocycles. The number of benzene rings is 1. The lowest BCUT2D eigenvalue weighted by atomic mass is 10.3. The van der Waals surface area contributed by atoms with Crippen LogP contribution in [0, 0.1) is 0 Å².